The monoisotopic (exact) mass is 293 g/mol. The Bertz CT molecular complexity index is 517. The third kappa shape index (κ3) is 3.47. The number of nitrogens with zero attached hydrogens (tertiary/aromatic N) is 4. The minimum absolute atomic E-state index is 0.143. The van der Waals surface area contributed by atoms with E-state index in [1.165, 1.54) is 0 Å². The summed E-state index contributed by atoms with van der Waals surface area (Å²) < 4.78 is 0. The van der Waals surface area contributed by atoms with E-state index < -0.39 is 0 Å². The summed E-state index contributed by atoms with van der Waals surface area (Å²) in [7, 11) is 2.13. The first kappa shape index (κ1) is 15.2. The van der Waals surface area contributed by atoms with Gasteiger partial charge in [0.15, 0.2) is 0 Å². The lowest BCUT2D eigenvalue weighted by atomic mass is 10.0. The molecular weight excluding hydrogens is 274 g/mol. The molecule has 1 saturated heterocycles. The van der Waals surface area contributed by atoms with Crippen LogP contribution in [0.1, 0.15) is 22.9 Å². The molecule has 20 heavy (non-hydrogen) atoms. The minimum Gasteiger partial charge on any atom is -0.323 e. The maximum atomic E-state index is 9.03. The zero-order chi connectivity index (χ0) is 14.7. The lowest BCUT2D eigenvalue weighted by Crippen LogP contribution is -2.46. The van der Waals surface area contributed by atoms with Crippen LogP contribution in [0.3, 0.4) is 0 Å². The molecule has 2 N–H and O–H groups in total. The van der Waals surface area contributed by atoms with Crippen LogP contribution in [0.25, 0.3) is 0 Å². The molecule has 108 valence electrons. The molecule has 0 amide bonds. The van der Waals surface area contributed by atoms with Gasteiger partial charge in [-0.3, -0.25) is 4.90 Å². The smallest absolute Gasteiger partial charge is 0.147 e. The third-order valence-corrected chi connectivity index (χ3v) is 4.06. The van der Waals surface area contributed by atoms with E-state index in [1.54, 1.807) is 6.07 Å². The van der Waals surface area contributed by atoms with Crippen molar-refractivity contribution in [1.82, 2.24) is 14.8 Å². The van der Waals surface area contributed by atoms with Crippen molar-refractivity contribution in [3.63, 3.8) is 0 Å². The van der Waals surface area contributed by atoms with Crippen molar-refractivity contribution < 1.29 is 0 Å². The van der Waals surface area contributed by atoms with Crippen LogP contribution in [0.15, 0.2) is 6.07 Å². The normalized spacial score (nSPS) is 18.8. The van der Waals surface area contributed by atoms with Crippen LogP contribution in [0.5, 0.6) is 0 Å². The number of piperazine rings is 1. The van der Waals surface area contributed by atoms with Crippen molar-refractivity contribution in [1.29, 1.82) is 5.26 Å². The molecule has 0 aromatic carbocycles. The van der Waals surface area contributed by atoms with E-state index in [0.29, 0.717) is 5.56 Å². The van der Waals surface area contributed by atoms with Crippen molar-refractivity contribution >= 4 is 11.6 Å². The molecule has 6 heteroatoms. The standard InChI is InChI=1S/C14H20ClN5/c1-10-12(7-11(8-16)14(15)18-10)13(17)9-20-5-3-19(2)4-6-20/h7,13H,3-6,9,17H2,1-2H3. The van der Waals surface area contributed by atoms with Crippen molar-refractivity contribution in [3.8, 4) is 6.07 Å². The first-order valence-electron chi connectivity index (χ1n) is 6.75. The zero-order valence-corrected chi connectivity index (χ0v) is 12.7. The Morgan fingerprint density at radius 1 is 1.45 bits per heavy atom. The Morgan fingerprint density at radius 3 is 2.70 bits per heavy atom. The van der Waals surface area contributed by atoms with Gasteiger partial charge in [0.1, 0.15) is 11.2 Å². The van der Waals surface area contributed by atoms with Crippen LogP contribution in [0, 0.1) is 18.3 Å². The van der Waals surface area contributed by atoms with Crippen LogP contribution >= 0.6 is 11.6 Å². The van der Waals surface area contributed by atoms with Gasteiger partial charge in [0.25, 0.3) is 0 Å². The summed E-state index contributed by atoms with van der Waals surface area (Å²) in [5, 5.41) is 9.29. The van der Waals surface area contributed by atoms with Crippen LogP contribution in [-0.4, -0.2) is 54.6 Å². The van der Waals surface area contributed by atoms with Crippen LogP contribution in [-0.2, 0) is 0 Å². The molecule has 1 aromatic heterocycles. The quantitative estimate of drug-likeness (QED) is 0.847. The number of halogens is 1. The second-order valence-electron chi connectivity index (χ2n) is 5.32. The summed E-state index contributed by atoms with van der Waals surface area (Å²) in [6.45, 7) is 6.84. The molecule has 0 spiro atoms. The molecule has 5 nitrogen and oxygen atoms in total. The van der Waals surface area contributed by atoms with Gasteiger partial charge >= 0.3 is 0 Å². The highest BCUT2D eigenvalue weighted by atomic mass is 35.5. The molecule has 1 unspecified atom stereocenters. The number of nitriles is 1. The zero-order valence-electron chi connectivity index (χ0n) is 11.9. The average molecular weight is 294 g/mol. The highest BCUT2D eigenvalue weighted by Gasteiger charge is 2.19. The molecular formula is C14H20ClN5. The summed E-state index contributed by atoms with van der Waals surface area (Å²) in [6.07, 6.45) is 0. The Morgan fingerprint density at radius 2 is 2.10 bits per heavy atom. The van der Waals surface area contributed by atoms with Gasteiger partial charge in [0.05, 0.1) is 5.56 Å². The fourth-order valence-electron chi connectivity index (χ4n) is 2.45. The summed E-state index contributed by atoms with van der Waals surface area (Å²) in [5.74, 6) is 0. The van der Waals surface area contributed by atoms with E-state index in [2.05, 4.69) is 27.9 Å². The van der Waals surface area contributed by atoms with Gasteiger partial charge in [-0.05, 0) is 25.6 Å². The van der Waals surface area contributed by atoms with Crippen LogP contribution in [0.2, 0.25) is 5.15 Å². The van der Waals surface area contributed by atoms with Crippen molar-refractivity contribution in [2.45, 2.75) is 13.0 Å². The van der Waals surface area contributed by atoms with Gasteiger partial charge < -0.3 is 10.6 Å². The number of likely N-dealkylation sites (N-methyl/N-ethyl adjacent to an activating group) is 1. The van der Waals surface area contributed by atoms with Gasteiger partial charge in [-0.1, -0.05) is 11.6 Å². The summed E-state index contributed by atoms with van der Waals surface area (Å²) in [6, 6.07) is 3.68. The second-order valence-corrected chi connectivity index (χ2v) is 5.68. The maximum Gasteiger partial charge on any atom is 0.147 e. The van der Waals surface area contributed by atoms with E-state index in [0.717, 1.165) is 44.0 Å². The van der Waals surface area contributed by atoms with E-state index in [-0.39, 0.29) is 11.2 Å². The molecule has 0 aliphatic carbocycles. The number of pyridine rings is 1. The molecule has 2 heterocycles. The van der Waals surface area contributed by atoms with Gasteiger partial charge in [0, 0.05) is 44.5 Å². The van der Waals surface area contributed by atoms with Crippen molar-refractivity contribution in [3.05, 3.63) is 28.0 Å². The highest BCUT2D eigenvalue weighted by Crippen LogP contribution is 2.22. The van der Waals surface area contributed by atoms with E-state index >= 15 is 0 Å². The minimum atomic E-state index is -0.143. The van der Waals surface area contributed by atoms with Crippen LogP contribution in [0.4, 0.5) is 0 Å². The van der Waals surface area contributed by atoms with E-state index in [1.807, 2.05) is 6.92 Å². The SMILES string of the molecule is Cc1nc(Cl)c(C#N)cc1C(N)CN1CCN(C)CC1. The number of hydrogen-bond acceptors (Lipinski definition) is 5. The fourth-order valence-corrected chi connectivity index (χ4v) is 2.68. The number of aryl methyl sites for hydroxylation is 1. The van der Waals surface area contributed by atoms with Crippen molar-refractivity contribution in [2.75, 3.05) is 39.8 Å². The molecule has 1 aromatic rings. The summed E-state index contributed by atoms with van der Waals surface area (Å²) in [4.78, 5) is 8.87. The fraction of sp³-hybridized carbons (Fsp3) is 0.571. The van der Waals surface area contributed by atoms with Crippen molar-refractivity contribution in [2.24, 2.45) is 5.73 Å². The number of aromatic nitrogens is 1. The largest absolute Gasteiger partial charge is 0.323 e. The first-order valence-corrected chi connectivity index (χ1v) is 7.12. The molecule has 2 rings (SSSR count). The molecule has 1 fully saturated rings. The summed E-state index contributed by atoms with van der Waals surface area (Å²) >= 11 is 5.92. The average Bonchev–Trinajstić information content (AvgIpc) is 2.41. The predicted octanol–water partition coefficient (Wildman–Crippen LogP) is 1.16. The lowest BCUT2D eigenvalue weighted by molar-refractivity contribution is 0.147. The molecule has 1 aliphatic rings. The molecule has 0 saturated carbocycles. The van der Waals surface area contributed by atoms with E-state index in [4.69, 9.17) is 22.6 Å². The molecule has 1 atom stereocenters. The van der Waals surface area contributed by atoms with Gasteiger partial charge in [-0.15, -0.1) is 0 Å². The van der Waals surface area contributed by atoms with Gasteiger partial charge in [-0.25, -0.2) is 4.98 Å². The third-order valence-electron chi connectivity index (χ3n) is 3.78. The predicted molar refractivity (Wildman–Crippen MR) is 79.6 cm³/mol. The Balaban J connectivity index is 2.09. The molecule has 0 radical (unpaired) electrons. The number of rotatable bonds is 3. The maximum absolute atomic E-state index is 9.03. The van der Waals surface area contributed by atoms with Crippen LogP contribution < -0.4 is 5.73 Å². The Hall–Kier alpha value is -1.19. The molecule has 1 aliphatic heterocycles. The number of hydrogen-bond donors (Lipinski definition) is 1. The number of nitrogens with two attached hydrogens (primary N) is 1. The molecule has 0 bridgehead atoms. The highest BCUT2D eigenvalue weighted by molar-refractivity contribution is 6.30. The first-order chi connectivity index (χ1) is 9.51. The van der Waals surface area contributed by atoms with Gasteiger partial charge in [0.2, 0.25) is 0 Å². The van der Waals surface area contributed by atoms with Gasteiger partial charge in [-0.2, -0.15) is 5.26 Å². The second kappa shape index (κ2) is 6.51. The van der Waals surface area contributed by atoms with E-state index in [9.17, 15) is 0 Å². The Kier molecular flexibility index (Phi) is 4.95. The Labute approximate surface area is 124 Å². The lowest BCUT2D eigenvalue weighted by Gasteiger charge is -2.34. The summed E-state index contributed by atoms with van der Waals surface area (Å²) in [5.41, 5.74) is 8.39. The topological polar surface area (TPSA) is 69.2 Å².